The van der Waals surface area contributed by atoms with E-state index >= 15 is 0 Å². The Hall–Kier alpha value is -0.300. The Morgan fingerprint density at radius 2 is 1.54 bits per heavy atom. The lowest BCUT2D eigenvalue weighted by molar-refractivity contribution is 0.0164. The molecule has 0 radical (unpaired) electrons. The summed E-state index contributed by atoms with van der Waals surface area (Å²) < 4.78 is 0. The highest BCUT2D eigenvalue weighted by Crippen LogP contribution is 2.26. The standard InChI is InChI=1S/C25H50O/c1-9-23(20(3)4)17-13-16-21(5)14-11-12-15-22(6)18-19-24(10-2)25(7,8)26/h18,20-21,23-24,26H,9-17,19H2,1-8H3. The highest BCUT2D eigenvalue weighted by Gasteiger charge is 2.23. The van der Waals surface area contributed by atoms with E-state index in [9.17, 15) is 5.11 Å². The van der Waals surface area contributed by atoms with Crippen molar-refractivity contribution in [1.82, 2.24) is 0 Å². The third-order valence-electron chi connectivity index (χ3n) is 6.50. The van der Waals surface area contributed by atoms with Crippen LogP contribution in [0.4, 0.5) is 0 Å². The topological polar surface area (TPSA) is 20.2 Å². The van der Waals surface area contributed by atoms with Gasteiger partial charge in [-0.25, -0.2) is 0 Å². The van der Waals surface area contributed by atoms with E-state index in [0.29, 0.717) is 5.92 Å². The van der Waals surface area contributed by atoms with Gasteiger partial charge >= 0.3 is 0 Å². The highest BCUT2D eigenvalue weighted by atomic mass is 16.3. The minimum absolute atomic E-state index is 0.371. The van der Waals surface area contributed by atoms with Crippen molar-refractivity contribution in [3.63, 3.8) is 0 Å². The molecule has 0 aliphatic carbocycles. The van der Waals surface area contributed by atoms with Crippen LogP contribution in [0.3, 0.4) is 0 Å². The van der Waals surface area contributed by atoms with E-state index in [2.05, 4.69) is 47.6 Å². The van der Waals surface area contributed by atoms with E-state index in [1.54, 1.807) is 0 Å². The molecule has 0 saturated carbocycles. The van der Waals surface area contributed by atoms with Crippen LogP contribution in [0.15, 0.2) is 11.6 Å². The summed E-state index contributed by atoms with van der Waals surface area (Å²) in [5.74, 6) is 3.01. The van der Waals surface area contributed by atoms with Gasteiger partial charge in [0.1, 0.15) is 0 Å². The maximum atomic E-state index is 10.2. The molecular weight excluding hydrogens is 316 g/mol. The summed E-state index contributed by atoms with van der Waals surface area (Å²) in [6, 6.07) is 0. The lowest BCUT2D eigenvalue weighted by atomic mass is 9.85. The first-order chi connectivity index (χ1) is 12.1. The monoisotopic (exact) mass is 366 g/mol. The molecule has 26 heavy (non-hydrogen) atoms. The van der Waals surface area contributed by atoms with Crippen molar-refractivity contribution in [2.45, 2.75) is 125 Å². The van der Waals surface area contributed by atoms with Crippen LogP contribution < -0.4 is 0 Å². The van der Waals surface area contributed by atoms with Crippen molar-refractivity contribution >= 4 is 0 Å². The van der Waals surface area contributed by atoms with Gasteiger partial charge in [-0.15, -0.1) is 0 Å². The quantitative estimate of drug-likeness (QED) is 0.229. The first-order valence-corrected chi connectivity index (χ1v) is 11.5. The van der Waals surface area contributed by atoms with E-state index in [-0.39, 0.29) is 0 Å². The summed E-state index contributed by atoms with van der Waals surface area (Å²) in [7, 11) is 0. The fourth-order valence-electron chi connectivity index (χ4n) is 4.18. The molecule has 0 aromatic rings. The Morgan fingerprint density at radius 1 is 0.923 bits per heavy atom. The predicted octanol–water partition coefficient (Wildman–Crippen LogP) is 8.17. The molecule has 1 nitrogen and oxygen atoms in total. The molecule has 0 aliphatic rings. The van der Waals surface area contributed by atoms with Crippen LogP contribution in [0, 0.1) is 23.7 Å². The molecule has 3 atom stereocenters. The largest absolute Gasteiger partial charge is 0.390 e. The van der Waals surface area contributed by atoms with Crippen molar-refractivity contribution in [3.05, 3.63) is 11.6 Å². The molecule has 0 bridgehead atoms. The SMILES string of the molecule is CCC(CCCC(C)CCCCC(C)=CCC(CC)C(C)(C)O)C(C)C. The smallest absolute Gasteiger partial charge is 0.0622 e. The van der Waals surface area contributed by atoms with Crippen LogP contribution in [0.25, 0.3) is 0 Å². The fourth-order valence-corrected chi connectivity index (χ4v) is 4.18. The lowest BCUT2D eigenvalue weighted by Crippen LogP contribution is -2.29. The van der Waals surface area contributed by atoms with Crippen molar-refractivity contribution in [2.75, 3.05) is 0 Å². The van der Waals surface area contributed by atoms with Crippen LogP contribution in [0.5, 0.6) is 0 Å². The predicted molar refractivity (Wildman–Crippen MR) is 119 cm³/mol. The van der Waals surface area contributed by atoms with E-state index < -0.39 is 5.60 Å². The Morgan fingerprint density at radius 3 is 2.04 bits per heavy atom. The summed E-state index contributed by atoms with van der Waals surface area (Å²) in [6.45, 7) is 17.8. The average Bonchev–Trinajstić information content (AvgIpc) is 2.54. The summed E-state index contributed by atoms with van der Waals surface area (Å²) in [5, 5.41) is 10.2. The Bertz CT molecular complexity index is 361. The van der Waals surface area contributed by atoms with Gasteiger partial charge in [-0.3, -0.25) is 0 Å². The highest BCUT2D eigenvalue weighted by molar-refractivity contribution is 4.99. The molecule has 0 fully saturated rings. The number of allylic oxidation sites excluding steroid dienone is 2. The molecular formula is C25H50O. The van der Waals surface area contributed by atoms with Crippen LogP contribution >= 0.6 is 0 Å². The van der Waals surface area contributed by atoms with Gasteiger partial charge < -0.3 is 5.11 Å². The molecule has 1 heteroatoms. The van der Waals surface area contributed by atoms with E-state index in [1.807, 2.05) is 13.8 Å². The minimum Gasteiger partial charge on any atom is -0.390 e. The van der Waals surface area contributed by atoms with E-state index in [0.717, 1.165) is 30.6 Å². The van der Waals surface area contributed by atoms with E-state index in [1.165, 1.54) is 56.9 Å². The Kier molecular flexibility index (Phi) is 13.6. The van der Waals surface area contributed by atoms with Gasteiger partial charge in [-0.2, -0.15) is 0 Å². The zero-order chi connectivity index (χ0) is 20.2. The van der Waals surface area contributed by atoms with Crippen LogP contribution in [0.1, 0.15) is 120 Å². The van der Waals surface area contributed by atoms with Crippen LogP contribution in [-0.2, 0) is 0 Å². The summed E-state index contributed by atoms with van der Waals surface area (Å²) in [4.78, 5) is 0. The zero-order valence-electron chi connectivity index (χ0n) is 19.4. The third-order valence-corrected chi connectivity index (χ3v) is 6.50. The van der Waals surface area contributed by atoms with Gasteiger partial charge in [0.15, 0.2) is 0 Å². The van der Waals surface area contributed by atoms with Gasteiger partial charge in [-0.05, 0) is 63.7 Å². The maximum absolute atomic E-state index is 10.2. The van der Waals surface area contributed by atoms with Gasteiger partial charge in [-0.1, -0.05) is 91.2 Å². The summed E-state index contributed by atoms with van der Waals surface area (Å²) in [5.41, 5.74) is 0.941. The zero-order valence-corrected chi connectivity index (χ0v) is 19.4. The maximum Gasteiger partial charge on any atom is 0.0622 e. The number of hydrogen-bond acceptors (Lipinski definition) is 1. The second-order valence-electron chi connectivity index (χ2n) is 9.74. The average molecular weight is 367 g/mol. The molecule has 0 aliphatic heterocycles. The molecule has 0 amide bonds. The molecule has 0 aromatic carbocycles. The molecule has 0 rings (SSSR count). The molecule has 0 spiro atoms. The fraction of sp³-hybridized carbons (Fsp3) is 0.920. The molecule has 3 unspecified atom stereocenters. The minimum atomic E-state index is -0.562. The van der Waals surface area contributed by atoms with Crippen molar-refractivity contribution in [3.8, 4) is 0 Å². The van der Waals surface area contributed by atoms with Gasteiger partial charge in [0.2, 0.25) is 0 Å². The third kappa shape index (κ3) is 12.2. The van der Waals surface area contributed by atoms with Crippen LogP contribution in [0.2, 0.25) is 0 Å². The Labute approximate surface area is 166 Å². The van der Waals surface area contributed by atoms with Crippen LogP contribution in [-0.4, -0.2) is 10.7 Å². The first-order valence-electron chi connectivity index (χ1n) is 11.5. The number of hydrogen-bond donors (Lipinski definition) is 1. The normalized spacial score (nSPS) is 16.8. The van der Waals surface area contributed by atoms with Crippen molar-refractivity contribution < 1.29 is 5.11 Å². The first kappa shape index (κ1) is 25.7. The van der Waals surface area contributed by atoms with E-state index in [4.69, 9.17) is 0 Å². The van der Waals surface area contributed by atoms with Gasteiger partial charge in [0.25, 0.3) is 0 Å². The molecule has 1 N–H and O–H groups in total. The summed E-state index contributed by atoms with van der Waals surface area (Å²) in [6.07, 6.45) is 15.3. The number of rotatable bonds is 15. The molecule has 156 valence electrons. The molecule has 0 saturated heterocycles. The second-order valence-corrected chi connectivity index (χ2v) is 9.74. The number of aliphatic hydroxyl groups is 1. The molecule has 0 aromatic heterocycles. The van der Waals surface area contributed by atoms with Crippen molar-refractivity contribution in [1.29, 1.82) is 0 Å². The molecule has 0 heterocycles. The van der Waals surface area contributed by atoms with Crippen molar-refractivity contribution in [2.24, 2.45) is 23.7 Å². The number of unbranched alkanes of at least 4 members (excludes halogenated alkanes) is 1. The second kappa shape index (κ2) is 13.8. The lowest BCUT2D eigenvalue weighted by Gasteiger charge is -2.27. The Balaban J connectivity index is 3.91. The van der Waals surface area contributed by atoms with Gasteiger partial charge in [0.05, 0.1) is 5.60 Å². The van der Waals surface area contributed by atoms with Gasteiger partial charge in [0, 0.05) is 0 Å². The summed E-state index contributed by atoms with van der Waals surface area (Å²) >= 11 is 0.